The molecule has 1 rings (SSSR count). The Balaban J connectivity index is 3.10. The van der Waals surface area contributed by atoms with Gasteiger partial charge in [-0.05, 0) is 24.1 Å². The summed E-state index contributed by atoms with van der Waals surface area (Å²) in [4.78, 5) is 10.6. The molecule has 0 unspecified atom stereocenters. The van der Waals surface area contributed by atoms with E-state index < -0.39 is 11.7 Å². The SMILES string of the molecule is Cc1c(CC(N)=O)ccc(Cl)c1F. The van der Waals surface area contributed by atoms with E-state index in [9.17, 15) is 9.18 Å². The first-order valence-corrected chi connectivity index (χ1v) is 4.12. The van der Waals surface area contributed by atoms with Crippen molar-refractivity contribution in [3.63, 3.8) is 0 Å². The minimum absolute atomic E-state index is 0.0416. The van der Waals surface area contributed by atoms with Crippen LogP contribution in [-0.2, 0) is 11.2 Å². The van der Waals surface area contributed by atoms with E-state index in [1.165, 1.54) is 6.07 Å². The summed E-state index contributed by atoms with van der Waals surface area (Å²) in [5, 5.41) is 0.0609. The van der Waals surface area contributed by atoms with Crippen molar-refractivity contribution in [2.45, 2.75) is 13.3 Å². The number of rotatable bonds is 2. The Bertz CT molecular complexity index is 352. The summed E-state index contributed by atoms with van der Waals surface area (Å²) in [6, 6.07) is 3.02. The lowest BCUT2D eigenvalue weighted by Crippen LogP contribution is -2.14. The van der Waals surface area contributed by atoms with Gasteiger partial charge in [0.15, 0.2) is 0 Å². The van der Waals surface area contributed by atoms with Gasteiger partial charge in [-0.3, -0.25) is 4.79 Å². The summed E-state index contributed by atoms with van der Waals surface area (Å²) in [6.45, 7) is 1.57. The quantitative estimate of drug-likeness (QED) is 0.779. The zero-order chi connectivity index (χ0) is 10.0. The lowest BCUT2D eigenvalue weighted by Gasteiger charge is -2.05. The highest BCUT2D eigenvalue weighted by atomic mass is 35.5. The fourth-order valence-corrected chi connectivity index (χ4v) is 1.28. The number of amides is 1. The molecule has 0 aromatic heterocycles. The predicted molar refractivity (Wildman–Crippen MR) is 49.0 cm³/mol. The van der Waals surface area contributed by atoms with Gasteiger partial charge in [-0.15, -0.1) is 0 Å². The average Bonchev–Trinajstić information content (AvgIpc) is 2.06. The van der Waals surface area contributed by atoms with Crippen LogP contribution in [0.3, 0.4) is 0 Å². The molecule has 0 atom stereocenters. The molecule has 0 saturated carbocycles. The van der Waals surface area contributed by atoms with E-state index >= 15 is 0 Å². The molecule has 0 spiro atoms. The van der Waals surface area contributed by atoms with Crippen molar-refractivity contribution in [3.8, 4) is 0 Å². The van der Waals surface area contributed by atoms with E-state index in [1.807, 2.05) is 0 Å². The molecule has 0 heterocycles. The summed E-state index contributed by atoms with van der Waals surface area (Å²) in [5.74, 6) is -0.967. The maximum absolute atomic E-state index is 13.2. The number of carbonyl (C=O) groups is 1. The maximum Gasteiger partial charge on any atom is 0.221 e. The molecule has 0 bridgehead atoms. The number of hydrogen-bond acceptors (Lipinski definition) is 1. The highest BCUT2D eigenvalue weighted by Gasteiger charge is 2.09. The van der Waals surface area contributed by atoms with Crippen LogP contribution >= 0.6 is 11.6 Å². The second-order valence-corrected chi connectivity index (χ2v) is 3.20. The van der Waals surface area contributed by atoms with Gasteiger partial charge < -0.3 is 5.73 Å². The topological polar surface area (TPSA) is 43.1 Å². The van der Waals surface area contributed by atoms with Gasteiger partial charge in [-0.2, -0.15) is 0 Å². The van der Waals surface area contributed by atoms with Crippen molar-refractivity contribution >= 4 is 17.5 Å². The molecule has 0 aliphatic rings. The number of primary amides is 1. The second-order valence-electron chi connectivity index (χ2n) is 2.79. The van der Waals surface area contributed by atoms with Crippen molar-refractivity contribution in [2.24, 2.45) is 5.73 Å². The van der Waals surface area contributed by atoms with Crippen molar-refractivity contribution in [1.29, 1.82) is 0 Å². The molecule has 0 aliphatic carbocycles. The van der Waals surface area contributed by atoms with E-state index in [4.69, 9.17) is 17.3 Å². The Kier molecular flexibility index (Phi) is 2.88. The Morgan fingerprint density at radius 3 is 2.77 bits per heavy atom. The third kappa shape index (κ3) is 2.18. The van der Waals surface area contributed by atoms with Gasteiger partial charge in [0.2, 0.25) is 5.91 Å². The minimum Gasteiger partial charge on any atom is -0.369 e. The minimum atomic E-state index is -0.486. The summed E-state index contributed by atoms with van der Waals surface area (Å²) < 4.78 is 13.2. The molecule has 13 heavy (non-hydrogen) atoms. The Labute approximate surface area is 80.5 Å². The monoisotopic (exact) mass is 201 g/mol. The van der Waals surface area contributed by atoms with Gasteiger partial charge in [0, 0.05) is 0 Å². The standard InChI is InChI=1S/C9H9ClFNO/c1-5-6(4-8(12)13)2-3-7(10)9(5)11/h2-3H,4H2,1H3,(H2,12,13). The second kappa shape index (κ2) is 3.75. The van der Waals surface area contributed by atoms with E-state index in [0.29, 0.717) is 11.1 Å². The van der Waals surface area contributed by atoms with Crippen molar-refractivity contribution in [3.05, 3.63) is 34.1 Å². The first kappa shape index (κ1) is 9.99. The summed E-state index contributed by atoms with van der Waals surface area (Å²) >= 11 is 5.53. The largest absolute Gasteiger partial charge is 0.369 e. The number of hydrogen-bond donors (Lipinski definition) is 1. The molecule has 2 N–H and O–H groups in total. The molecule has 1 aromatic carbocycles. The molecule has 0 aliphatic heterocycles. The van der Waals surface area contributed by atoms with Crippen LogP contribution < -0.4 is 5.73 Å². The zero-order valence-corrected chi connectivity index (χ0v) is 7.86. The highest BCUT2D eigenvalue weighted by Crippen LogP contribution is 2.21. The van der Waals surface area contributed by atoms with E-state index in [2.05, 4.69) is 0 Å². The Morgan fingerprint density at radius 1 is 1.62 bits per heavy atom. The molecule has 0 saturated heterocycles. The number of nitrogens with two attached hydrogens (primary N) is 1. The lowest BCUT2D eigenvalue weighted by molar-refractivity contribution is -0.117. The van der Waals surface area contributed by atoms with Gasteiger partial charge in [-0.1, -0.05) is 17.7 Å². The molecule has 70 valence electrons. The number of carbonyl (C=O) groups excluding carboxylic acids is 1. The van der Waals surface area contributed by atoms with Gasteiger partial charge in [0.25, 0.3) is 0 Å². The fourth-order valence-electron chi connectivity index (χ4n) is 1.07. The van der Waals surface area contributed by atoms with Crippen molar-refractivity contribution < 1.29 is 9.18 Å². The first-order valence-electron chi connectivity index (χ1n) is 3.74. The van der Waals surface area contributed by atoms with Crippen molar-refractivity contribution in [2.75, 3.05) is 0 Å². The Morgan fingerprint density at radius 2 is 2.23 bits per heavy atom. The van der Waals surface area contributed by atoms with Crippen LogP contribution in [0, 0.1) is 12.7 Å². The molecular formula is C9H9ClFNO. The summed E-state index contributed by atoms with van der Waals surface area (Å²) in [5.41, 5.74) is 5.95. The van der Waals surface area contributed by atoms with Gasteiger partial charge >= 0.3 is 0 Å². The van der Waals surface area contributed by atoms with Gasteiger partial charge in [0.05, 0.1) is 11.4 Å². The van der Waals surface area contributed by atoms with E-state index in [1.54, 1.807) is 13.0 Å². The summed E-state index contributed by atoms with van der Waals surface area (Å²) in [7, 11) is 0. The summed E-state index contributed by atoms with van der Waals surface area (Å²) in [6.07, 6.45) is 0.0416. The molecule has 1 amide bonds. The smallest absolute Gasteiger partial charge is 0.221 e. The van der Waals surface area contributed by atoms with E-state index in [0.717, 1.165) is 0 Å². The highest BCUT2D eigenvalue weighted by molar-refractivity contribution is 6.30. The third-order valence-electron chi connectivity index (χ3n) is 1.82. The van der Waals surface area contributed by atoms with Crippen LogP contribution in [0.2, 0.25) is 5.02 Å². The maximum atomic E-state index is 13.2. The molecule has 0 fully saturated rings. The average molecular weight is 202 g/mol. The van der Waals surface area contributed by atoms with Gasteiger partial charge in [0.1, 0.15) is 5.82 Å². The van der Waals surface area contributed by atoms with Gasteiger partial charge in [-0.25, -0.2) is 4.39 Å². The lowest BCUT2D eigenvalue weighted by atomic mass is 10.1. The zero-order valence-electron chi connectivity index (χ0n) is 7.10. The first-order chi connectivity index (χ1) is 6.02. The molecule has 4 heteroatoms. The number of halogens is 2. The van der Waals surface area contributed by atoms with Crippen LogP contribution in [0.15, 0.2) is 12.1 Å². The molecule has 2 nitrogen and oxygen atoms in total. The van der Waals surface area contributed by atoms with Crippen LogP contribution in [0.5, 0.6) is 0 Å². The molecule has 1 aromatic rings. The van der Waals surface area contributed by atoms with Crippen LogP contribution in [0.25, 0.3) is 0 Å². The molecule has 0 radical (unpaired) electrons. The normalized spacial score (nSPS) is 10.1. The van der Waals surface area contributed by atoms with Crippen LogP contribution in [-0.4, -0.2) is 5.91 Å². The predicted octanol–water partition coefficient (Wildman–Crippen LogP) is 1.82. The fraction of sp³-hybridized carbons (Fsp3) is 0.222. The Hall–Kier alpha value is -1.09. The van der Waals surface area contributed by atoms with E-state index in [-0.39, 0.29) is 11.4 Å². The van der Waals surface area contributed by atoms with Crippen LogP contribution in [0.4, 0.5) is 4.39 Å². The van der Waals surface area contributed by atoms with Crippen LogP contribution in [0.1, 0.15) is 11.1 Å². The molecular weight excluding hydrogens is 193 g/mol. The third-order valence-corrected chi connectivity index (χ3v) is 2.11. The van der Waals surface area contributed by atoms with Crippen molar-refractivity contribution in [1.82, 2.24) is 0 Å². The number of benzene rings is 1.